The number of nitrogens with one attached hydrogen (secondary N) is 1. The standard InChI is InChI=1S/C14H12ClN5O/c1-8(21)18-12-7-20-6-9(2-3-13(20)19-12)10-4-11(15)14(16)17-5-10/h2-7H,1H3,(H2,16,17)(H,18,21). The van der Waals surface area contributed by atoms with Crippen molar-refractivity contribution in [3.63, 3.8) is 0 Å². The van der Waals surface area contributed by atoms with E-state index in [0.717, 1.165) is 16.8 Å². The van der Waals surface area contributed by atoms with E-state index in [9.17, 15) is 4.79 Å². The van der Waals surface area contributed by atoms with Crippen LogP contribution < -0.4 is 11.1 Å². The van der Waals surface area contributed by atoms with Crippen LogP contribution in [-0.4, -0.2) is 20.3 Å². The molecule has 0 unspecified atom stereocenters. The van der Waals surface area contributed by atoms with Crippen molar-refractivity contribution in [2.75, 3.05) is 11.1 Å². The lowest BCUT2D eigenvalue weighted by molar-refractivity contribution is -0.114. The lowest BCUT2D eigenvalue weighted by atomic mass is 10.1. The molecule has 0 aliphatic carbocycles. The first kappa shape index (κ1) is 13.4. The summed E-state index contributed by atoms with van der Waals surface area (Å²) in [4.78, 5) is 19.4. The fourth-order valence-electron chi connectivity index (χ4n) is 2.01. The Kier molecular flexibility index (Phi) is 3.23. The Morgan fingerprint density at radius 1 is 1.33 bits per heavy atom. The highest BCUT2D eigenvalue weighted by atomic mass is 35.5. The van der Waals surface area contributed by atoms with Gasteiger partial charge in [0, 0.05) is 30.4 Å². The molecule has 3 heterocycles. The van der Waals surface area contributed by atoms with Crippen LogP contribution in [0.15, 0.2) is 36.8 Å². The number of carbonyl (C=O) groups excluding carboxylic acids is 1. The highest BCUT2D eigenvalue weighted by Crippen LogP contribution is 2.25. The number of rotatable bonds is 2. The van der Waals surface area contributed by atoms with Crippen molar-refractivity contribution in [1.29, 1.82) is 0 Å². The van der Waals surface area contributed by atoms with Gasteiger partial charge in [-0.15, -0.1) is 0 Å². The molecular formula is C14H12ClN5O. The minimum absolute atomic E-state index is 0.159. The topological polar surface area (TPSA) is 85.3 Å². The Hall–Kier alpha value is -2.60. The molecule has 3 N–H and O–H groups in total. The van der Waals surface area contributed by atoms with E-state index >= 15 is 0 Å². The summed E-state index contributed by atoms with van der Waals surface area (Å²) in [7, 11) is 0. The van der Waals surface area contributed by atoms with Gasteiger partial charge >= 0.3 is 0 Å². The van der Waals surface area contributed by atoms with Crippen molar-refractivity contribution in [3.8, 4) is 11.1 Å². The number of nitrogen functional groups attached to an aromatic ring is 1. The molecule has 3 aromatic rings. The maximum absolute atomic E-state index is 11.1. The molecule has 0 aliphatic heterocycles. The smallest absolute Gasteiger partial charge is 0.222 e. The number of hydrogen-bond acceptors (Lipinski definition) is 4. The number of fused-ring (bicyclic) bond motifs is 1. The maximum atomic E-state index is 11.1. The van der Waals surface area contributed by atoms with E-state index < -0.39 is 0 Å². The van der Waals surface area contributed by atoms with Gasteiger partial charge in [0.15, 0.2) is 5.82 Å². The van der Waals surface area contributed by atoms with Crippen LogP contribution in [0.1, 0.15) is 6.92 Å². The first-order valence-electron chi connectivity index (χ1n) is 6.20. The van der Waals surface area contributed by atoms with Gasteiger partial charge in [-0.2, -0.15) is 0 Å². The largest absolute Gasteiger partial charge is 0.382 e. The summed E-state index contributed by atoms with van der Waals surface area (Å²) in [6.07, 6.45) is 5.29. The molecule has 0 fully saturated rings. The molecule has 1 amide bonds. The minimum Gasteiger partial charge on any atom is -0.382 e. The Bertz CT molecular complexity index is 842. The molecule has 0 aromatic carbocycles. The minimum atomic E-state index is -0.159. The quantitative estimate of drug-likeness (QED) is 0.762. The first-order valence-corrected chi connectivity index (χ1v) is 6.58. The van der Waals surface area contributed by atoms with E-state index in [1.54, 1.807) is 18.5 Å². The van der Waals surface area contributed by atoms with Crippen LogP contribution in [0, 0.1) is 0 Å². The predicted octanol–water partition coefficient (Wildman–Crippen LogP) is 2.59. The van der Waals surface area contributed by atoms with Crippen LogP contribution in [0.5, 0.6) is 0 Å². The summed E-state index contributed by atoms with van der Waals surface area (Å²) >= 11 is 5.99. The van der Waals surface area contributed by atoms with E-state index in [1.807, 2.05) is 22.7 Å². The predicted molar refractivity (Wildman–Crippen MR) is 82.1 cm³/mol. The zero-order chi connectivity index (χ0) is 15.0. The van der Waals surface area contributed by atoms with Crippen LogP contribution in [0.2, 0.25) is 5.02 Å². The summed E-state index contributed by atoms with van der Waals surface area (Å²) < 4.78 is 1.82. The van der Waals surface area contributed by atoms with Gasteiger partial charge < -0.3 is 15.5 Å². The molecule has 0 radical (unpaired) electrons. The van der Waals surface area contributed by atoms with Crippen molar-refractivity contribution in [2.24, 2.45) is 0 Å². The number of hydrogen-bond donors (Lipinski definition) is 2. The molecule has 106 valence electrons. The molecule has 0 saturated heterocycles. The normalized spacial score (nSPS) is 10.8. The monoisotopic (exact) mass is 301 g/mol. The van der Waals surface area contributed by atoms with Crippen molar-refractivity contribution in [1.82, 2.24) is 14.4 Å². The summed E-state index contributed by atoms with van der Waals surface area (Å²) in [5.74, 6) is 0.651. The van der Waals surface area contributed by atoms with E-state index in [2.05, 4.69) is 15.3 Å². The Morgan fingerprint density at radius 3 is 2.86 bits per heavy atom. The number of nitrogens with two attached hydrogens (primary N) is 1. The molecule has 0 atom stereocenters. The van der Waals surface area contributed by atoms with Gasteiger partial charge in [0.2, 0.25) is 5.91 Å². The van der Waals surface area contributed by atoms with E-state index in [4.69, 9.17) is 17.3 Å². The Labute approximate surface area is 125 Å². The molecular weight excluding hydrogens is 290 g/mol. The van der Waals surface area contributed by atoms with Crippen LogP contribution in [0.25, 0.3) is 16.8 Å². The average molecular weight is 302 g/mol. The summed E-state index contributed by atoms with van der Waals surface area (Å²) in [6.45, 7) is 1.44. The summed E-state index contributed by atoms with van der Waals surface area (Å²) in [6, 6.07) is 5.52. The lowest BCUT2D eigenvalue weighted by Crippen LogP contribution is -2.05. The van der Waals surface area contributed by atoms with E-state index in [0.29, 0.717) is 16.7 Å². The zero-order valence-corrected chi connectivity index (χ0v) is 11.9. The highest BCUT2D eigenvalue weighted by molar-refractivity contribution is 6.33. The summed E-state index contributed by atoms with van der Waals surface area (Å²) in [5, 5.41) is 3.06. The molecule has 0 aliphatic rings. The SMILES string of the molecule is CC(=O)Nc1cn2cc(-c3cnc(N)c(Cl)c3)ccc2n1. The third-order valence-corrected chi connectivity index (χ3v) is 3.26. The Morgan fingerprint density at radius 2 is 2.14 bits per heavy atom. The van der Waals surface area contributed by atoms with Gasteiger partial charge in [-0.3, -0.25) is 4.79 Å². The zero-order valence-electron chi connectivity index (χ0n) is 11.2. The van der Waals surface area contributed by atoms with Crippen molar-refractivity contribution in [3.05, 3.63) is 41.8 Å². The number of amides is 1. The second kappa shape index (κ2) is 5.06. The van der Waals surface area contributed by atoms with Gasteiger partial charge in [-0.1, -0.05) is 11.6 Å². The number of pyridine rings is 2. The van der Waals surface area contributed by atoms with Crippen molar-refractivity contribution >= 4 is 34.8 Å². The highest BCUT2D eigenvalue weighted by Gasteiger charge is 2.06. The fourth-order valence-corrected chi connectivity index (χ4v) is 2.18. The molecule has 0 bridgehead atoms. The lowest BCUT2D eigenvalue weighted by Gasteiger charge is -2.04. The van der Waals surface area contributed by atoms with Gasteiger partial charge in [0.05, 0.1) is 11.2 Å². The molecule has 3 aromatic heterocycles. The van der Waals surface area contributed by atoms with E-state index in [-0.39, 0.29) is 5.91 Å². The fraction of sp³-hybridized carbons (Fsp3) is 0.0714. The molecule has 0 saturated carbocycles. The summed E-state index contributed by atoms with van der Waals surface area (Å²) in [5.41, 5.74) is 8.11. The van der Waals surface area contributed by atoms with Gasteiger partial charge in [0.25, 0.3) is 0 Å². The number of anilines is 2. The average Bonchev–Trinajstić information content (AvgIpc) is 2.82. The number of carbonyl (C=O) groups is 1. The van der Waals surface area contributed by atoms with Crippen LogP contribution in [0.3, 0.4) is 0 Å². The second-order valence-corrected chi connectivity index (χ2v) is 4.99. The first-order chi connectivity index (χ1) is 10.0. The third kappa shape index (κ3) is 2.66. The molecule has 7 heteroatoms. The van der Waals surface area contributed by atoms with Gasteiger partial charge in [-0.05, 0) is 18.2 Å². The van der Waals surface area contributed by atoms with Crippen LogP contribution in [-0.2, 0) is 4.79 Å². The van der Waals surface area contributed by atoms with E-state index in [1.165, 1.54) is 6.92 Å². The third-order valence-electron chi connectivity index (χ3n) is 2.96. The van der Waals surface area contributed by atoms with Gasteiger partial charge in [-0.25, -0.2) is 9.97 Å². The number of halogens is 1. The van der Waals surface area contributed by atoms with Crippen molar-refractivity contribution < 1.29 is 4.79 Å². The Balaban J connectivity index is 2.03. The number of aromatic nitrogens is 3. The second-order valence-electron chi connectivity index (χ2n) is 4.58. The number of nitrogens with zero attached hydrogens (tertiary/aromatic N) is 3. The molecule has 6 nitrogen and oxygen atoms in total. The molecule has 21 heavy (non-hydrogen) atoms. The van der Waals surface area contributed by atoms with Gasteiger partial charge in [0.1, 0.15) is 11.5 Å². The van der Waals surface area contributed by atoms with Crippen LogP contribution >= 0.6 is 11.6 Å². The molecule has 3 rings (SSSR count). The van der Waals surface area contributed by atoms with Crippen molar-refractivity contribution in [2.45, 2.75) is 6.92 Å². The molecule has 0 spiro atoms. The maximum Gasteiger partial charge on any atom is 0.222 e. The number of imidazole rings is 1. The van der Waals surface area contributed by atoms with Crippen LogP contribution in [0.4, 0.5) is 11.6 Å².